The summed E-state index contributed by atoms with van der Waals surface area (Å²) in [5.74, 6) is -0.807. The summed E-state index contributed by atoms with van der Waals surface area (Å²) in [6, 6.07) is 17.9. The first-order valence-electron chi connectivity index (χ1n) is 10.3. The molecule has 0 aliphatic heterocycles. The van der Waals surface area contributed by atoms with Gasteiger partial charge in [0.25, 0.3) is 5.91 Å². The van der Waals surface area contributed by atoms with E-state index in [0.717, 1.165) is 22.1 Å². The van der Waals surface area contributed by atoms with E-state index < -0.39 is 34.2 Å². The SMILES string of the molecule is Cc1ccc(CN(CC(=O)N/N=C\c2ccccc2C(F)(F)F)S(=O)(=O)c2ccc(Br)cc2)cc1. The molecule has 0 saturated heterocycles. The molecule has 6 nitrogen and oxygen atoms in total. The van der Waals surface area contributed by atoms with E-state index in [0.29, 0.717) is 10.0 Å². The van der Waals surface area contributed by atoms with Crippen molar-refractivity contribution in [1.82, 2.24) is 9.73 Å². The highest BCUT2D eigenvalue weighted by Crippen LogP contribution is 2.31. The summed E-state index contributed by atoms with van der Waals surface area (Å²) < 4.78 is 67.6. The number of amides is 1. The fraction of sp³-hybridized carbons (Fsp3) is 0.167. The number of sulfonamides is 1. The number of nitrogens with one attached hydrogen (secondary N) is 1. The zero-order valence-electron chi connectivity index (χ0n) is 18.5. The third-order valence-corrected chi connectivity index (χ3v) is 7.24. The average molecular weight is 568 g/mol. The van der Waals surface area contributed by atoms with Crippen molar-refractivity contribution in [3.05, 3.63) is 99.5 Å². The van der Waals surface area contributed by atoms with Gasteiger partial charge in [0.15, 0.2) is 0 Å². The summed E-state index contributed by atoms with van der Waals surface area (Å²) >= 11 is 3.26. The van der Waals surface area contributed by atoms with Crippen LogP contribution in [0.3, 0.4) is 0 Å². The van der Waals surface area contributed by atoms with Gasteiger partial charge in [-0.15, -0.1) is 0 Å². The van der Waals surface area contributed by atoms with Crippen molar-refractivity contribution >= 4 is 38.1 Å². The Morgan fingerprint density at radius 1 is 1.03 bits per heavy atom. The summed E-state index contributed by atoms with van der Waals surface area (Å²) in [4.78, 5) is 12.5. The lowest BCUT2D eigenvalue weighted by atomic mass is 10.1. The number of halogens is 4. The van der Waals surface area contributed by atoms with Gasteiger partial charge in [0.05, 0.1) is 23.2 Å². The standard InChI is InChI=1S/C24H21BrF3N3O3S/c1-17-6-8-18(9-7-17)15-31(35(33,34)21-12-10-20(25)11-13-21)16-23(32)30-29-14-19-4-2-3-5-22(19)24(26,27)28/h2-14H,15-16H2,1H3,(H,30,32)/b29-14-. The third-order valence-electron chi connectivity index (χ3n) is 4.91. The smallest absolute Gasteiger partial charge is 0.272 e. The van der Waals surface area contributed by atoms with Gasteiger partial charge < -0.3 is 0 Å². The highest BCUT2D eigenvalue weighted by atomic mass is 79.9. The first-order valence-corrected chi connectivity index (χ1v) is 12.5. The van der Waals surface area contributed by atoms with Crippen LogP contribution in [0.4, 0.5) is 13.2 Å². The lowest BCUT2D eigenvalue weighted by molar-refractivity contribution is -0.137. The topological polar surface area (TPSA) is 78.8 Å². The van der Waals surface area contributed by atoms with Crippen molar-refractivity contribution in [2.75, 3.05) is 6.54 Å². The number of carbonyl (C=O) groups excluding carboxylic acids is 1. The molecule has 3 rings (SSSR count). The second-order valence-electron chi connectivity index (χ2n) is 7.59. The molecule has 0 atom stereocenters. The number of aryl methyl sites for hydroxylation is 1. The van der Waals surface area contributed by atoms with E-state index in [1.807, 2.05) is 19.1 Å². The Morgan fingerprint density at radius 2 is 1.66 bits per heavy atom. The van der Waals surface area contributed by atoms with Gasteiger partial charge in [0.1, 0.15) is 0 Å². The zero-order chi connectivity index (χ0) is 25.6. The molecule has 1 N–H and O–H groups in total. The highest BCUT2D eigenvalue weighted by Gasteiger charge is 2.32. The van der Waals surface area contributed by atoms with Gasteiger partial charge in [-0.3, -0.25) is 4.79 Å². The van der Waals surface area contributed by atoms with Crippen LogP contribution in [0.15, 0.2) is 87.3 Å². The molecular formula is C24H21BrF3N3O3S. The van der Waals surface area contributed by atoms with E-state index in [1.165, 1.54) is 30.3 Å². The molecule has 0 saturated carbocycles. The van der Waals surface area contributed by atoms with Crippen molar-refractivity contribution < 1.29 is 26.4 Å². The summed E-state index contributed by atoms with van der Waals surface area (Å²) in [6.07, 6.45) is -3.72. The van der Waals surface area contributed by atoms with Crippen LogP contribution in [0, 0.1) is 6.92 Å². The molecule has 0 aromatic heterocycles. The van der Waals surface area contributed by atoms with Crippen molar-refractivity contribution in [3.63, 3.8) is 0 Å². The van der Waals surface area contributed by atoms with Crippen LogP contribution >= 0.6 is 15.9 Å². The molecule has 3 aromatic carbocycles. The summed E-state index contributed by atoms with van der Waals surface area (Å²) in [5.41, 5.74) is 2.62. The normalized spacial score (nSPS) is 12.3. The maximum Gasteiger partial charge on any atom is 0.417 e. The van der Waals surface area contributed by atoms with Crippen LogP contribution in [0.25, 0.3) is 0 Å². The number of benzene rings is 3. The number of alkyl halides is 3. The van der Waals surface area contributed by atoms with Gasteiger partial charge in [-0.1, -0.05) is 64.0 Å². The van der Waals surface area contributed by atoms with Crippen molar-refractivity contribution in [3.8, 4) is 0 Å². The first-order chi connectivity index (χ1) is 16.5. The molecule has 1 amide bonds. The number of rotatable bonds is 8. The lowest BCUT2D eigenvalue weighted by Crippen LogP contribution is -2.39. The Balaban J connectivity index is 1.81. The predicted molar refractivity (Wildman–Crippen MR) is 130 cm³/mol. The minimum atomic E-state index is -4.59. The fourth-order valence-corrected chi connectivity index (χ4v) is 4.76. The van der Waals surface area contributed by atoms with Crippen LogP contribution in [0.5, 0.6) is 0 Å². The Labute approximate surface area is 209 Å². The molecule has 0 unspecified atom stereocenters. The molecule has 0 aliphatic carbocycles. The predicted octanol–water partition coefficient (Wildman–Crippen LogP) is 5.12. The Kier molecular flexibility index (Phi) is 8.47. The molecule has 0 fully saturated rings. The van der Waals surface area contributed by atoms with Gasteiger partial charge in [-0.2, -0.15) is 22.6 Å². The molecule has 35 heavy (non-hydrogen) atoms. The lowest BCUT2D eigenvalue weighted by Gasteiger charge is -2.21. The third kappa shape index (κ3) is 7.23. The number of hydrazone groups is 1. The average Bonchev–Trinajstić information content (AvgIpc) is 2.80. The second-order valence-corrected chi connectivity index (χ2v) is 10.4. The van der Waals surface area contributed by atoms with Crippen LogP contribution in [0.1, 0.15) is 22.3 Å². The molecule has 0 bridgehead atoms. The molecule has 11 heteroatoms. The van der Waals surface area contributed by atoms with E-state index in [4.69, 9.17) is 0 Å². The maximum absolute atomic E-state index is 13.3. The summed E-state index contributed by atoms with van der Waals surface area (Å²) in [5, 5.41) is 3.60. The van der Waals surface area contributed by atoms with Crippen LogP contribution in [-0.2, 0) is 27.5 Å². The molecule has 0 radical (unpaired) electrons. The maximum atomic E-state index is 13.3. The van der Waals surface area contributed by atoms with Crippen LogP contribution < -0.4 is 5.43 Å². The van der Waals surface area contributed by atoms with E-state index in [2.05, 4.69) is 26.5 Å². The van der Waals surface area contributed by atoms with Crippen molar-refractivity contribution in [2.45, 2.75) is 24.5 Å². The van der Waals surface area contributed by atoms with Gasteiger partial charge in [-0.25, -0.2) is 13.8 Å². The molecule has 0 spiro atoms. The largest absolute Gasteiger partial charge is 0.417 e. The van der Waals surface area contributed by atoms with E-state index in [-0.39, 0.29) is 17.0 Å². The van der Waals surface area contributed by atoms with Crippen LogP contribution in [-0.4, -0.2) is 31.4 Å². The number of nitrogens with zero attached hydrogens (tertiary/aromatic N) is 2. The number of hydrogen-bond acceptors (Lipinski definition) is 4. The monoisotopic (exact) mass is 567 g/mol. The minimum absolute atomic E-state index is 0.0109. The molecule has 0 heterocycles. The highest BCUT2D eigenvalue weighted by molar-refractivity contribution is 9.10. The Bertz CT molecular complexity index is 1310. The van der Waals surface area contributed by atoms with Gasteiger partial charge in [0.2, 0.25) is 10.0 Å². The fourth-order valence-electron chi connectivity index (χ4n) is 3.12. The van der Waals surface area contributed by atoms with Crippen LogP contribution in [0.2, 0.25) is 0 Å². The molecule has 0 aliphatic rings. The van der Waals surface area contributed by atoms with Gasteiger partial charge in [0, 0.05) is 16.6 Å². The molecular weight excluding hydrogens is 547 g/mol. The van der Waals surface area contributed by atoms with E-state index >= 15 is 0 Å². The second kappa shape index (κ2) is 11.1. The van der Waals surface area contributed by atoms with E-state index in [9.17, 15) is 26.4 Å². The Morgan fingerprint density at radius 3 is 2.29 bits per heavy atom. The molecule has 184 valence electrons. The number of carbonyl (C=O) groups is 1. The molecule has 3 aromatic rings. The van der Waals surface area contributed by atoms with Gasteiger partial charge in [-0.05, 0) is 42.8 Å². The number of hydrogen-bond donors (Lipinski definition) is 1. The minimum Gasteiger partial charge on any atom is -0.272 e. The summed E-state index contributed by atoms with van der Waals surface area (Å²) in [6.45, 7) is 1.21. The van der Waals surface area contributed by atoms with Gasteiger partial charge >= 0.3 is 6.18 Å². The Hall–Kier alpha value is -3.02. The van der Waals surface area contributed by atoms with Crippen molar-refractivity contribution in [1.29, 1.82) is 0 Å². The first kappa shape index (κ1) is 26.6. The van der Waals surface area contributed by atoms with Crippen molar-refractivity contribution in [2.24, 2.45) is 5.10 Å². The zero-order valence-corrected chi connectivity index (χ0v) is 20.9. The quantitative estimate of drug-likeness (QED) is 0.303. The van der Waals surface area contributed by atoms with E-state index in [1.54, 1.807) is 24.3 Å². The summed E-state index contributed by atoms with van der Waals surface area (Å²) in [7, 11) is -4.07.